The van der Waals surface area contributed by atoms with E-state index in [1.165, 1.54) is 81.8 Å². The minimum atomic E-state index is 0.361. The van der Waals surface area contributed by atoms with Crippen LogP contribution in [-0.2, 0) is 12.8 Å². The molecule has 0 radical (unpaired) electrons. The summed E-state index contributed by atoms with van der Waals surface area (Å²) >= 11 is 0. The van der Waals surface area contributed by atoms with E-state index in [4.69, 9.17) is 10.2 Å². The predicted molar refractivity (Wildman–Crippen MR) is 126 cm³/mol. The SMILES string of the molecule is CCCCCCCCc1ccc(O)cc1.CCCCCCCc1ccc(O)cc1. The van der Waals surface area contributed by atoms with E-state index in [0.717, 1.165) is 12.8 Å². The summed E-state index contributed by atoms with van der Waals surface area (Å²) in [7, 11) is 0. The number of hydrogen-bond donors (Lipinski definition) is 2. The summed E-state index contributed by atoms with van der Waals surface area (Å²) in [5.41, 5.74) is 2.67. The van der Waals surface area contributed by atoms with Crippen LogP contribution in [0.1, 0.15) is 95.6 Å². The second-order valence-electron chi connectivity index (χ2n) is 8.01. The molecule has 0 aliphatic carbocycles. The molecule has 2 aromatic carbocycles. The van der Waals surface area contributed by atoms with Gasteiger partial charge in [0.25, 0.3) is 0 Å². The highest BCUT2D eigenvalue weighted by molar-refractivity contribution is 5.26. The van der Waals surface area contributed by atoms with Crippen LogP contribution in [0.3, 0.4) is 0 Å². The molecule has 162 valence electrons. The summed E-state index contributed by atoms with van der Waals surface area (Å²) in [6.45, 7) is 4.48. The van der Waals surface area contributed by atoms with E-state index in [2.05, 4.69) is 13.8 Å². The van der Waals surface area contributed by atoms with Gasteiger partial charge in [-0.15, -0.1) is 0 Å². The maximum Gasteiger partial charge on any atom is 0.115 e. The van der Waals surface area contributed by atoms with Crippen LogP contribution in [-0.4, -0.2) is 10.2 Å². The highest BCUT2D eigenvalue weighted by Crippen LogP contribution is 2.14. The highest BCUT2D eigenvalue weighted by atomic mass is 16.3. The first-order valence-electron chi connectivity index (χ1n) is 11.7. The number of unbranched alkanes of at least 4 members (excludes halogenated alkanes) is 9. The summed E-state index contributed by atoms with van der Waals surface area (Å²) < 4.78 is 0. The van der Waals surface area contributed by atoms with Crippen molar-refractivity contribution in [2.75, 3.05) is 0 Å². The molecule has 2 aromatic rings. The third-order valence-electron chi connectivity index (χ3n) is 5.26. The van der Waals surface area contributed by atoms with Crippen molar-refractivity contribution < 1.29 is 10.2 Å². The topological polar surface area (TPSA) is 40.5 Å². The number of phenolic OH excluding ortho intramolecular Hbond substituents is 2. The van der Waals surface area contributed by atoms with Crippen LogP contribution in [0.2, 0.25) is 0 Å². The molecule has 29 heavy (non-hydrogen) atoms. The molecule has 0 atom stereocenters. The fourth-order valence-corrected chi connectivity index (χ4v) is 3.37. The van der Waals surface area contributed by atoms with Gasteiger partial charge in [0, 0.05) is 0 Å². The zero-order chi connectivity index (χ0) is 21.2. The Morgan fingerprint density at radius 2 is 0.759 bits per heavy atom. The standard InChI is InChI=1S/C14H22O.C13H20O/c1-2-3-4-5-6-7-8-13-9-11-14(15)12-10-13;1-2-3-4-5-6-7-12-8-10-13(14)11-9-12/h9-12,15H,2-8H2,1H3;8-11,14H,2-7H2,1H3. The number of hydrogen-bond acceptors (Lipinski definition) is 2. The zero-order valence-electron chi connectivity index (χ0n) is 18.7. The number of aryl methyl sites for hydroxylation is 2. The van der Waals surface area contributed by atoms with Gasteiger partial charge in [0.05, 0.1) is 0 Å². The summed E-state index contributed by atoms with van der Waals surface area (Å²) in [6, 6.07) is 15.1. The number of aromatic hydroxyl groups is 2. The molecule has 0 aliphatic heterocycles. The van der Waals surface area contributed by atoms with Crippen molar-refractivity contribution in [3.05, 3.63) is 59.7 Å². The van der Waals surface area contributed by atoms with Gasteiger partial charge in [-0.25, -0.2) is 0 Å². The molecule has 0 aromatic heterocycles. The van der Waals surface area contributed by atoms with E-state index in [-0.39, 0.29) is 0 Å². The molecule has 2 heteroatoms. The van der Waals surface area contributed by atoms with Crippen molar-refractivity contribution in [3.63, 3.8) is 0 Å². The quantitative estimate of drug-likeness (QED) is 0.334. The van der Waals surface area contributed by atoms with Gasteiger partial charge in [-0.1, -0.05) is 95.9 Å². The molecule has 0 spiro atoms. The van der Waals surface area contributed by atoms with Gasteiger partial charge in [-0.2, -0.15) is 0 Å². The molecule has 2 N–H and O–H groups in total. The van der Waals surface area contributed by atoms with Crippen LogP contribution in [0, 0.1) is 0 Å². The first kappa shape index (κ1) is 25.1. The minimum Gasteiger partial charge on any atom is -0.508 e. The normalized spacial score (nSPS) is 10.4. The smallest absolute Gasteiger partial charge is 0.115 e. The number of benzene rings is 2. The van der Waals surface area contributed by atoms with E-state index in [1.807, 2.05) is 24.3 Å². The van der Waals surface area contributed by atoms with Gasteiger partial charge < -0.3 is 10.2 Å². The van der Waals surface area contributed by atoms with Gasteiger partial charge in [-0.3, -0.25) is 0 Å². The third-order valence-corrected chi connectivity index (χ3v) is 5.26. The molecule has 0 bridgehead atoms. The largest absolute Gasteiger partial charge is 0.508 e. The fourth-order valence-electron chi connectivity index (χ4n) is 3.37. The Morgan fingerprint density at radius 3 is 1.10 bits per heavy atom. The molecule has 2 nitrogen and oxygen atoms in total. The first-order valence-corrected chi connectivity index (χ1v) is 11.7. The molecular weight excluding hydrogens is 356 g/mol. The summed E-state index contributed by atoms with van der Waals surface area (Å²) in [5.74, 6) is 0.724. The summed E-state index contributed by atoms with van der Waals surface area (Å²) in [4.78, 5) is 0. The van der Waals surface area contributed by atoms with Gasteiger partial charge in [0.2, 0.25) is 0 Å². The van der Waals surface area contributed by atoms with Crippen molar-refractivity contribution in [3.8, 4) is 11.5 Å². The van der Waals surface area contributed by atoms with Gasteiger partial charge in [-0.05, 0) is 61.1 Å². The van der Waals surface area contributed by atoms with Crippen LogP contribution in [0.15, 0.2) is 48.5 Å². The molecule has 0 amide bonds. The van der Waals surface area contributed by atoms with Crippen LogP contribution < -0.4 is 0 Å². The predicted octanol–water partition coefficient (Wildman–Crippen LogP) is 8.20. The first-order chi connectivity index (χ1) is 14.2. The van der Waals surface area contributed by atoms with Crippen molar-refractivity contribution in [2.45, 2.75) is 97.3 Å². The average molecular weight is 399 g/mol. The molecule has 0 aliphatic rings. The van der Waals surface area contributed by atoms with Crippen LogP contribution >= 0.6 is 0 Å². The lowest BCUT2D eigenvalue weighted by Gasteiger charge is -2.02. The Kier molecular flexibility index (Phi) is 14.7. The molecule has 0 unspecified atom stereocenters. The minimum absolute atomic E-state index is 0.361. The maximum atomic E-state index is 9.13. The van der Waals surface area contributed by atoms with Crippen molar-refractivity contribution >= 4 is 0 Å². The van der Waals surface area contributed by atoms with Gasteiger partial charge in [0.15, 0.2) is 0 Å². The van der Waals surface area contributed by atoms with Crippen molar-refractivity contribution in [2.24, 2.45) is 0 Å². The van der Waals surface area contributed by atoms with Crippen LogP contribution in [0.25, 0.3) is 0 Å². The lowest BCUT2D eigenvalue weighted by molar-refractivity contribution is 0.474. The van der Waals surface area contributed by atoms with E-state index < -0.39 is 0 Å². The van der Waals surface area contributed by atoms with Gasteiger partial charge >= 0.3 is 0 Å². The lowest BCUT2D eigenvalue weighted by Crippen LogP contribution is -1.85. The monoisotopic (exact) mass is 398 g/mol. The number of rotatable bonds is 13. The molecule has 0 saturated heterocycles. The summed E-state index contributed by atoms with van der Waals surface area (Å²) in [5, 5.41) is 18.2. The Bertz CT molecular complexity index is 601. The Morgan fingerprint density at radius 1 is 0.448 bits per heavy atom. The average Bonchev–Trinajstić information content (AvgIpc) is 2.74. The molecule has 0 heterocycles. The highest BCUT2D eigenvalue weighted by Gasteiger charge is 1.95. The number of phenols is 2. The second-order valence-corrected chi connectivity index (χ2v) is 8.01. The maximum absolute atomic E-state index is 9.13. The van der Waals surface area contributed by atoms with E-state index in [0.29, 0.717) is 11.5 Å². The van der Waals surface area contributed by atoms with Crippen molar-refractivity contribution in [1.29, 1.82) is 0 Å². The lowest BCUT2D eigenvalue weighted by atomic mass is 10.1. The molecule has 0 saturated carbocycles. The Labute approximate surface area is 179 Å². The van der Waals surface area contributed by atoms with E-state index in [1.54, 1.807) is 24.3 Å². The Hall–Kier alpha value is -1.96. The molecular formula is C27H42O2. The molecule has 0 fully saturated rings. The zero-order valence-corrected chi connectivity index (χ0v) is 18.7. The van der Waals surface area contributed by atoms with E-state index >= 15 is 0 Å². The van der Waals surface area contributed by atoms with Crippen LogP contribution in [0.5, 0.6) is 11.5 Å². The Balaban J connectivity index is 0.000000291. The molecule has 2 rings (SSSR count). The van der Waals surface area contributed by atoms with Crippen molar-refractivity contribution in [1.82, 2.24) is 0 Å². The third kappa shape index (κ3) is 13.8. The van der Waals surface area contributed by atoms with Crippen LogP contribution in [0.4, 0.5) is 0 Å². The second kappa shape index (κ2) is 16.9. The van der Waals surface area contributed by atoms with E-state index in [9.17, 15) is 0 Å². The van der Waals surface area contributed by atoms with Gasteiger partial charge in [0.1, 0.15) is 11.5 Å². The fraction of sp³-hybridized carbons (Fsp3) is 0.556. The summed E-state index contributed by atoms with van der Waals surface area (Å²) in [6.07, 6.45) is 16.9.